The van der Waals surface area contributed by atoms with E-state index in [4.69, 9.17) is 11.6 Å². The molecule has 0 unspecified atom stereocenters. The zero-order chi connectivity index (χ0) is 17.6. The molecule has 1 saturated heterocycles. The molecule has 2 heterocycles. The third-order valence-electron chi connectivity index (χ3n) is 4.49. The minimum absolute atomic E-state index is 0.0601. The fourth-order valence-electron chi connectivity index (χ4n) is 3.21. The highest BCUT2D eigenvalue weighted by atomic mass is 35.5. The minimum atomic E-state index is 0.0601. The van der Waals surface area contributed by atoms with Crippen molar-refractivity contribution >= 4 is 28.8 Å². The summed E-state index contributed by atoms with van der Waals surface area (Å²) in [5.74, 6) is 0.0601. The maximum absolute atomic E-state index is 12.3. The number of carbonyl (C=O) groups excluding carboxylic acids is 1. The Morgan fingerprint density at radius 2 is 2.12 bits per heavy atom. The molecule has 2 aromatic rings. The molecule has 1 aliphatic rings. The van der Waals surface area contributed by atoms with Crippen molar-refractivity contribution in [1.29, 1.82) is 0 Å². The zero-order valence-corrected chi connectivity index (χ0v) is 16.1. The Hall–Kier alpha value is -1.43. The monoisotopic (exact) mass is 377 g/mol. The maximum atomic E-state index is 12.3. The summed E-state index contributed by atoms with van der Waals surface area (Å²) in [5, 5.41) is 6.66. The van der Waals surface area contributed by atoms with Gasteiger partial charge in [-0.25, -0.2) is 4.98 Å². The molecule has 1 fully saturated rings. The zero-order valence-electron chi connectivity index (χ0n) is 14.5. The summed E-state index contributed by atoms with van der Waals surface area (Å²) < 4.78 is 0. The predicted octanol–water partition coefficient (Wildman–Crippen LogP) is 4.00. The first kappa shape index (κ1) is 18.4. The lowest BCUT2D eigenvalue weighted by Crippen LogP contribution is -2.45. The van der Waals surface area contributed by atoms with Crippen LogP contribution in [0.1, 0.15) is 31.9 Å². The summed E-state index contributed by atoms with van der Waals surface area (Å²) in [6.07, 6.45) is 3.59. The van der Waals surface area contributed by atoms with Gasteiger partial charge >= 0.3 is 0 Å². The minimum Gasteiger partial charge on any atom is -0.353 e. The average Bonchev–Trinajstić information content (AvgIpc) is 3.05. The van der Waals surface area contributed by atoms with Crippen LogP contribution in [0.15, 0.2) is 29.6 Å². The van der Waals surface area contributed by atoms with Crippen LogP contribution >= 0.6 is 22.9 Å². The lowest BCUT2D eigenvalue weighted by atomic mass is 10.0. The lowest BCUT2D eigenvalue weighted by Gasteiger charge is -2.32. The molecule has 1 N–H and O–H groups in total. The number of rotatable bonds is 6. The van der Waals surface area contributed by atoms with Crippen LogP contribution in [-0.4, -0.2) is 41.5 Å². The molecule has 0 bridgehead atoms. The number of hydrogen-bond acceptors (Lipinski definition) is 4. The normalized spacial score (nSPS) is 16.1. The Bertz CT molecular complexity index is 710. The summed E-state index contributed by atoms with van der Waals surface area (Å²) in [7, 11) is 0. The Morgan fingerprint density at radius 3 is 2.84 bits per heavy atom. The molecule has 0 atom stereocenters. The summed E-state index contributed by atoms with van der Waals surface area (Å²) >= 11 is 7.75. The maximum Gasteiger partial charge on any atom is 0.226 e. The number of piperidine rings is 1. The van der Waals surface area contributed by atoms with Crippen molar-refractivity contribution in [2.24, 2.45) is 0 Å². The van der Waals surface area contributed by atoms with Crippen LogP contribution in [0, 0.1) is 0 Å². The van der Waals surface area contributed by atoms with Crippen molar-refractivity contribution in [3.8, 4) is 10.6 Å². The van der Waals surface area contributed by atoms with Gasteiger partial charge in [-0.05, 0) is 31.9 Å². The van der Waals surface area contributed by atoms with Gasteiger partial charge in [0.05, 0.1) is 17.1 Å². The number of nitrogens with one attached hydrogen (secondary N) is 1. The Kier molecular flexibility index (Phi) is 6.45. The summed E-state index contributed by atoms with van der Waals surface area (Å²) in [6, 6.07) is 7.95. The van der Waals surface area contributed by atoms with Crippen LogP contribution in [-0.2, 0) is 11.2 Å². The SMILES string of the molecule is CCCN1CCC(NC(=O)Cc2csc(-c3ccccc3Cl)n2)CC1. The van der Waals surface area contributed by atoms with Crippen molar-refractivity contribution in [2.45, 2.75) is 38.6 Å². The standard InChI is InChI=1S/C19H24ClN3OS/c1-2-9-23-10-7-14(8-11-23)21-18(24)12-15-13-25-19(22-15)16-5-3-4-6-17(16)20/h3-6,13-14H,2,7-12H2,1H3,(H,21,24). The molecule has 1 aromatic carbocycles. The fourth-order valence-corrected chi connectivity index (χ4v) is 4.35. The summed E-state index contributed by atoms with van der Waals surface area (Å²) in [6.45, 7) is 5.52. The van der Waals surface area contributed by atoms with Gasteiger partial charge in [0.25, 0.3) is 0 Å². The molecule has 1 aromatic heterocycles. The van der Waals surface area contributed by atoms with Gasteiger partial charge in [-0.15, -0.1) is 11.3 Å². The number of carbonyl (C=O) groups is 1. The second-order valence-electron chi connectivity index (χ2n) is 6.48. The predicted molar refractivity (Wildman–Crippen MR) is 104 cm³/mol. The molecule has 6 heteroatoms. The lowest BCUT2D eigenvalue weighted by molar-refractivity contribution is -0.121. The summed E-state index contributed by atoms with van der Waals surface area (Å²) in [5.41, 5.74) is 1.73. The third kappa shape index (κ3) is 5.03. The molecule has 25 heavy (non-hydrogen) atoms. The van der Waals surface area contributed by atoms with Crippen molar-refractivity contribution in [3.05, 3.63) is 40.4 Å². The third-order valence-corrected chi connectivity index (χ3v) is 5.74. The molecule has 3 rings (SSSR count). The second kappa shape index (κ2) is 8.79. The van der Waals surface area contributed by atoms with Crippen LogP contribution in [0.4, 0.5) is 0 Å². The molecule has 0 spiro atoms. The molecule has 0 saturated carbocycles. The molecule has 1 aliphatic heterocycles. The van der Waals surface area contributed by atoms with E-state index >= 15 is 0 Å². The van der Waals surface area contributed by atoms with E-state index < -0.39 is 0 Å². The van der Waals surface area contributed by atoms with Crippen LogP contribution in [0.3, 0.4) is 0 Å². The van der Waals surface area contributed by atoms with Gasteiger partial charge < -0.3 is 10.2 Å². The van der Waals surface area contributed by atoms with Gasteiger partial charge in [-0.1, -0.05) is 36.7 Å². The van der Waals surface area contributed by atoms with E-state index in [2.05, 4.69) is 22.1 Å². The molecular weight excluding hydrogens is 354 g/mol. The van der Waals surface area contributed by atoms with E-state index in [9.17, 15) is 4.79 Å². The Labute approximate surface area is 158 Å². The van der Waals surface area contributed by atoms with E-state index in [1.165, 1.54) is 17.8 Å². The smallest absolute Gasteiger partial charge is 0.226 e. The van der Waals surface area contributed by atoms with E-state index in [1.807, 2.05) is 29.6 Å². The largest absolute Gasteiger partial charge is 0.353 e. The first-order valence-electron chi connectivity index (χ1n) is 8.86. The Morgan fingerprint density at radius 1 is 1.36 bits per heavy atom. The first-order valence-corrected chi connectivity index (χ1v) is 10.1. The number of benzene rings is 1. The van der Waals surface area contributed by atoms with Crippen molar-refractivity contribution in [3.63, 3.8) is 0 Å². The van der Waals surface area contributed by atoms with Gasteiger partial charge in [0, 0.05) is 30.1 Å². The molecular formula is C19H24ClN3OS. The van der Waals surface area contributed by atoms with Crippen molar-refractivity contribution < 1.29 is 4.79 Å². The van der Waals surface area contributed by atoms with Gasteiger partial charge in [-0.2, -0.15) is 0 Å². The van der Waals surface area contributed by atoms with Crippen LogP contribution in [0.5, 0.6) is 0 Å². The first-order chi connectivity index (χ1) is 12.2. The van der Waals surface area contributed by atoms with Gasteiger partial charge in [0.1, 0.15) is 5.01 Å². The quantitative estimate of drug-likeness (QED) is 0.827. The molecule has 0 radical (unpaired) electrons. The fraction of sp³-hybridized carbons (Fsp3) is 0.474. The van der Waals surface area contributed by atoms with E-state index in [1.54, 1.807) is 0 Å². The van der Waals surface area contributed by atoms with Crippen molar-refractivity contribution in [1.82, 2.24) is 15.2 Å². The molecule has 134 valence electrons. The van der Waals surface area contributed by atoms with Crippen LogP contribution in [0.2, 0.25) is 5.02 Å². The average molecular weight is 378 g/mol. The van der Waals surface area contributed by atoms with Crippen LogP contribution < -0.4 is 5.32 Å². The number of hydrogen-bond donors (Lipinski definition) is 1. The van der Waals surface area contributed by atoms with Gasteiger partial charge in [0.2, 0.25) is 5.91 Å². The highest BCUT2D eigenvalue weighted by Gasteiger charge is 2.20. The molecule has 1 amide bonds. The number of aromatic nitrogens is 1. The second-order valence-corrected chi connectivity index (χ2v) is 7.75. The number of thiazole rings is 1. The van der Waals surface area contributed by atoms with Gasteiger partial charge in [-0.3, -0.25) is 4.79 Å². The number of halogens is 1. The summed E-state index contributed by atoms with van der Waals surface area (Å²) in [4.78, 5) is 19.4. The molecule has 0 aliphatic carbocycles. The van der Waals surface area contributed by atoms with Crippen LogP contribution in [0.25, 0.3) is 10.6 Å². The van der Waals surface area contributed by atoms with Crippen molar-refractivity contribution in [2.75, 3.05) is 19.6 Å². The molecule has 4 nitrogen and oxygen atoms in total. The highest BCUT2D eigenvalue weighted by Crippen LogP contribution is 2.30. The Balaban J connectivity index is 1.52. The van der Waals surface area contributed by atoms with E-state index in [0.29, 0.717) is 17.5 Å². The highest BCUT2D eigenvalue weighted by molar-refractivity contribution is 7.13. The van der Waals surface area contributed by atoms with E-state index in [0.717, 1.165) is 48.7 Å². The van der Waals surface area contributed by atoms with E-state index in [-0.39, 0.29) is 5.91 Å². The number of amides is 1. The topological polar surface area (TPSA) is 45.2 Å². The number of nitrogens with zero attached hydrogens (tertiary/aromatic N) is 2. The van der Waals surface area contributed by atoms with Gasteiger partial charge in [0.15, 0.2) is 0 Å². The number of likely N-dealkylation sites (tertiary alicyclic amines) is 1.